The zero-order valence-electron chi connectivity index (χ0n) is 15.0. The van der Waals surface area contributed by atoms with Crippen molar-refractivity contribution in [3.63, 3.8) is 0 Å². The van der Waals surface area contributed by atoms with Crippen LogP contribution in [0.4, 0.5) is 0 Å². The van der Waals surface area contributed by atoms with Crippen molar-refractivity contribution < 1.29 is 28.8 Å². The molecule has 1 N–H and O–H groups in total. The highest BCUT2D eigenvalue weighted by Crippen LogP contribution is 2.29. The Morgan fingerprint density at radius 2 is 1.92 bits per heavy atom. The van der Waals surface area contributed by atoms with Gasteiger partial charge in [-0.2, -0.15) is 0 Å². The summed E-state index contributed by atoms with van der Waals surface area (Å²) >= 11 is 0. The average Bonchev–Trinajstić information content (AvgIpc) is 2.69. The molecule has 144 valence electrons. The first-order valence-corrected chi connectivity index (χ1v) is 9.20. The molecule has 6 nitrogen and oxygen atoms in total. The van der Waals surface area contributed by atoms with Crippen LogP contribution in [0.25, 0.3) is 0 Å². The maximum atomic E-state index is 10.6. The second-order valence-corrected chi connectivity index (χ2v) is 6.51. The SMILES string of the molecule is C=CCCCO[C@@H]1O[C@H](COCc2ccccc2)[C@@H](O)[C@@H]2OCCO[C@@H]12. The van der Waals surface area contributed by atoms with Crippen molar-refractivity contribution in [2.45, 2.75) is 50.2 Å². The van der Waals surface area contributed by atoms with E-state index in [1.807, 2.05) is 36.4 Å². The van der Waals surface area contributed by atoms with Gasteiger partial charge in [-0.05, 0) is 18.4 Å². The number of benzene rings is 1. The van der Waals surface area contributed by atoms with Gasteiger partial charge in [0, 0.05) is 0 Å². The summed E-state index contributed by atoms with van der Waals surface area (Å²) in [6, 6.07) is 9.90. The lowest BCUT2D eigenvalue weighted by Gasteiger charge is -2.46. The van der Waals surface area contributed by atoms with Crippen LogP contribution < -0.4 is 0 Å². The van der Waals surface area contributed by atoms with Crippen molar-refractivity contribution in [3.8, 4) is 0 Å². The molecule has 3 rings (SSSR count). The van der Waals surface area contributed by atoms with E-state index >= 15 is 0 Å². The van der Waals surface area contributed by atoms with Gasteiger partial charge in [0.15, 0.2) is 6.29 Å². The van der Waals surface area contributed by atoms with Crippen LogP contribution in [0.2, 0.25) is 0 Å². The molecule has 0 amide bonds. The van der Waals surface area contributed by atoms with Crippen LogP contribution in [0.15, 0.2) is 43.0 Å². The first-order valence-electron chi connectivity index (χ1n) is 9.20. The number of ether oxygens (including phenoxy) is 5. The van der Waals surface area contributed by atoms with Crippen molar-refractivity contribution in [1.82, 2.24) is 0 Å². The molecule has 2 heterocycles. The minimum absolute atomic E-state index is 0.259. The zero-order valence-corrected chi connectivity index (χ0v) is 15.0. The Balaban J connectivity index is 1.54. The molecular weight excluding hydrogens is 336 g/mol. The highest BCUT2D eigenvalue weighted by Gasteiger charge is 2.48. The normalized spacial score (nSPS) is 31.3. The number of aliphatic hydroxyl groups excluding tert-OH is 1. The molecule has 2 aliphatic heterocycles. The van der Waals surface area contributed by atoms with Crippen LogP contribution in [-0.4, -0.2) is 62.2 Å². The number of unbranched alkanes of at least 4 members (excludes halogenated alkanes) is 1. The topological polar surface area (TPSA) is 66.4 Å². The molecule has 0 spiro atoms. The summed E-state index contributed by atoms with van der Waals surface area (Å²) in [5, 5.41) is 10.6. The fraction of sp³-hybridized carbons (Fsp3) is 0.600. The number of rotatable bonds is 9. The number of hydrogen-bond acceptors (Lipinski definition) is 6. The Bertz CT molecular complexity index is 536. The van der Waals surface area contributed by atoms with Crippen LogP contribution >= 0.6 is 0 Å². The Hall–Kier alpha value is -1.28. The second kappa shape index (κ2) is 10.2. The smallest absolute Gasteiger partial charge is 0.186 e. The molecule has 6 heteroatoms. The van der Waals surface area contributed by atoms with Gasteiger partial charge >= 0.3 is 0 Å². The quantitative estimate of drug-likeness (QED) is 0.534. The minimum Gasteiger partial charge on any atom is -0.387 e. The van der Waals surface area contributed by atoms with E-state index in [1.54, 1.807) is 0 Å². The maximum absolute atomic E-state index is 10.6. The molecule has 26 heavy (non-hydrogen) atoms. The Kier molecular flexibility index (Phi) is 7.61. The minimum atomic E-state index is -0.816. The molecule has 0 bridgehead atoms. The molecule has 1 aromatic carbocycles. The molecular formula is C20H28O6. The number of allylic oxidation sites excluding steroid dienone is 1. The lowest BCUT2D eigenvalue weighted by atomic mass is 9.98. The first-order chi connectivity index (χ1) is 12.8. The van der Waals surface area contributed by atoms with E-state index in [1.165, 1.54) is 0 Å². The fourth-order valence-electron chi connectivity index (χ4n) is 3.19. The highest BCUT2D eigenvalue weighted by molar-refractivity contribution is 5.13. The molecule has 2 saturated heterocycles. The van der Waals surface area contributed by atoms with Crippen LogP contribution in [-0.2, 0) is 30.3 Å². The van der Waals surface area contributed by atoms with Gasteiger partial charge < -0.3 is 28.8 Å². The summed E-state index contributed by atoms with van der Waals surface area (Å²) in [5.41, 5.74) is 1.07. The number of hydrogen-bond donors (Lipinski definition) is 1. The van der Waals surface area contributed by atoms with Crippen molar-refractivity contribution in [2.24, 2.45) is 0 Å². The predicted molar refractivity (Wildman–Crippen MR) is 95.6 cm³/mol. The monoisotopic (exact) mass is 364 g/mol. The summed E-state index contributed by atoms with van der Waals surface area (Å²) in [4.78, 5) is 0. The van der Waals surface area contributed by atoms with Gasteiger partial charge in [-0.1, -0.05) is 36.4 Å². The molecule has 0 saturated carbocycles. The first kappa shape index (κ1) is 19.5. The lowest BCUT2D eigenvalue weighted by Crippen LogP contribution is -2.63. The van der Waals surface area contributed by atoms with E-state index < -0.39 is 30.7 Å². The van der Waals surface area contributed by atoms with Crippen molar-refractivity contribution in [3.05, 3.63) is 48.6 Å². The molecule has 1 aromatic rings. The molecule has 0 radical (unpaired) electrons. The van der Waals surface area contributed by atoms with E-state index in [4.69, 9.17) is 23.7 Å². The zero-order chi connectivity index (χ0) is 18.2. The summed E-state index contributed by atoms with van der Waals surface area (Å²) < 4.78 is 29.1. The summed E-state index contributed by atoms with van der Waals surface area (Å²) in [6.45, 7) is 5.90. The van der Waals surface area contributed by atoms with Crippen LogP contribution in [0, 0.1) is 0 Å². The third kappa shape index (κ3) is 5.13. The third-order valence-electron chi connectivity index (χ3n) is 4.55. The van der Waals surface area contributed by atoms with Gasteiger partial charge in [-0.25, -0.2) is 0 Å². The predicted octanol–water partition coefficient (Wildman–Crippen LogP) is 2.06. The van der Waals surface area contributed by atoms with E-state index in [9.17, 15) is 5.11 Å². The van der Waals surface area contributed by atoms with E-state index in [0.29, 0.717) is 26.4 Å². The Morgan fingerprint density at radius 1 is 1.15 bits per heavy atom. The van der Waals surface area contributed by atoms with Crippen molar-refractivity contribution in [1.29, 1.82) is 0 Å². The maximum Gasteiger partial charge on any atom is 0.186 e. The van der Waals surface area contributed by atoms with E-state index in [0.717, 1.165) is 18.4 Å². The Morgan fingerprint density at radius 3 is 2.69 bits per heavy atom. The molecule has 0 aromatic heterocycles. The van der Waals surface area contributed by atoms with Crippen LogP contribution in [0.1, 0.15) is 18.4 Å². The molecule has 2 aliphatic rings. The Labute approximate surface area is 154 Å². The number of fused-ring (bicyclic) bond motifs is 1. The fourth-order valence-corrected chi connectivity index (χ4v) is 3.19. The second-order valence-electron chi connectivity index (χ2n) is 6.51. The van der Waals surface area contributed by atoms with Gasteiger partial charge in [0.05, 0.1) is 33.0 Å². The van der Waals surface area contributed by atoms with Gasteiger partial charge in [0.1, 0.15) is 24.4 Å². The standard InChI is InChI=1S/C20H28O6/c1-2-3-7-10-25-20-19-18(23-11-12-24-19)17(21)16(26-20)14-22-13-15-8-5-4-6-9-15/h2,4-6,8-9,16-21H,1,3,7,10-14H2/t16-,17-,18+,19-,20-/m1/s1. The van der Waals surface area contributed by atoms with Gasteiger partial charge in [-0.3, -0.25) is 0 Å². The highest BCUT2D eigenvalue weighted by atomic mass is 16.7. The summed E-state index contributed by atoms with van der Waals surface area (Å²) in [6.07, 6.45) is 0.802. The molecule has 2 fully saturated rings. The van der Waals surface area contributed by atoms with Gasteiger partial charge in [0.2, 0.25) is 0 Å². The third-order valence-corrected chi connectivity index (χ3v) is 4.55. The average molecular weight is 364 g/mol. The van der Waals surface area contributed by atoms with Gasteiger partial charge in [0.25, 0.3) is 0 Å². The van der Waals surface area contributed by atoms with E-state index in [-0.39, 0.29) is 6.61 Å². The summed E-state index contributed by atoms with van der Waals surface area (Å²) in [7, 11) is 0. The largest absolute Gasteiger partial charge is 0.387 e. The number of aliphatic hydroxyl groups is 1. The van der Waals surface area contributed by atoms with Crippen molar-refractivity contribution >= 4 is 0 Å². The molecule has 0 aliphatic carbocycles. The van der Waals surface area contributed by atoms with E-state index in [2.05, 4.69) is 6.58 Å². The van der Waals surface area contributed by atoms with Crippen LogP contribution in [0.3, 0.4) is 0 Å². The molecule has 0 unspecified atom stereocenters. The van der Waals surface area contributed by atoms with Crippen LogP contribution in [0.5, 0.6) is 0 Å². The van der Waals surface area contributed by atoms with Crippen molar-refractivity contribution in [2.75, 3.05) is 26.4 Å². The van der Waals surface area contributed by atoms with Gasteiger partial charge in [-0.15, -0.1) is 6.58 Å². The summed E-state index contributed by atoms with van der Waals surface area (Å²) in [5.74, 6) is 0. The molecule has 5 atom stereocenters. The lowest BCUT2D eigenvalue weighted by molar-refractivity contribution is -0.335.